The molecule has 0 aliphatic heterocycles. The van der Waals surface area contributed by atoms with Gasteiger partial charge in [-0.3, -0.25) is 0 Å². The summed E-state index contributed by atoms with van der Waals surface area (Å²) in [7, 11) is 0. The molecule has 12 aromatic rings. The van der Waals surface area contributed by atoms with E-state index in [-0.39, 0.29) is 11.8 Å². The van der Waals surface area contributed by atoms with Gasteiger partial charge in [-0.05, 0) is 155 Å². The van der Waals surface area contributed by atoms with Crippen molar-refractivity contribution in [2.24, 2.45) is 0 Å². The highest BCUT2D eigenvalue weighted by molar-refractivity contribution is 6.05. The molecule has 10 aromatic carbocycles. The molecule has 0 fully saturated rings. The number of rotatable bonds is 6. The van der Waals surface area contributed by atoms with Gasteiger partial charge in [0.05, 0.1) is 22.4 Å². The van der Waals surface area contributed by atoms with Crippen molar-refractivity contribution in [3.63, 3.8) is 0 Å². The van der Waals surface area contributed by atoms with Crippen molar-refractivity contribution < 1.29 is 0 Å². The summed E-state index contributed by atoms with van der Waals surface area (Å²) in [6.07, 6.45) is 0.972. The number of fused-ring (bicyclic) bond motifs is 14. The third kappa shape index (κ3) is 6.18. The summed E-state index contributed by atoms with van der Waals surface area (Å²) in [6, 6.07) is 84.4. The van der Waals surface area contributed by atoms with Crippen LogP contribution in [0, 0.1) is 0 Å². The number of hydrogen-bond donors (Lipinski definition) is 0. The molecule has 2 unspecified atom stereocenters. The van der Waals surface area contributed by atoms with Crippen LogP contribution < -0.4 is 0 Å². The zero-order valence-electron chi connectivity index (χ0n) is 36.7. The monoisotopic (exact) mass is 850 g/mol. The molecule has 0 saturated carbocycles. The van der Waals surface area contributed by atoms with E-state index in [2.05, 4.69) is 231 Å². The largest absolute Gasteiger partial charge is 0.247 e. The lowest BCUT2D eigenvalue weighted by Gasteiger charge is -2.27. The number of aromatic nitrogens is 2. The molecule has 0 radical (unpaired) electrons. The molecule has 2 aliphatic carbocycles. The Morgan fingerprint density at radius 1 is 0.254 bits per heavy atom. The first-order valence-electron chi connectivity index (χ1n) is 23.4. The molecule has 2 bridgehead atoms. The van der Waals surface area contributed by atoms with Crippen molar-refractivity contribution in [3.8, 4) is 67.0 Å². The molecule has 0 spiro atoms. The molecule has 2 heteroatoms. The second-order valence-electron chi connectivity index (χ2n) is 18.4. The van der Waals surface area contributed by atoms with Crippen molar-refractivity contribution in [3.05, 3.63) is 253 Å². The summed E-state index contributed by atoms with van der Waals surface area (Å²) < 4.78 is 0. The summed E-state index contributed by atoms with van der Waals surface area (Å²) in [5.41, 5.74) is 21.6. The molecule has 2 heterocycles. The predicted octanol–water partition coefficient (Wildman–Crippen LogP) is 17.1. The Morgan fingerprint density at radius 2 is 0.537 bits per heavy atom. The fraction of sp³-hybridized carbons (Fsp3) is 0.0462. The van der Waals surface area contributed by atoms with Gasteiger partial charge in [-0.1, -0.05) is 170 Å². The van der Waals surface area contributed by atoms with E-state index < -0.39 is 0 Å². The van der Waals surface area contributed by atoms with E-state index >= 15 is 0 Å². The summed E-state index contributed by atoms with van der Waals surface area (Å²) in [4.78, 5) is 11.6. The van der Waals surface area contributed by atoms with Gasteiger partial charge in [0, 0.05) is 33.7 Å². The molecule has 67 heavy (non-hydrogen) atoms. The summed E-state index contributed by atoms with van der Waals surface area (Å²) in [6.45, 7) is 0. The van der Waals surface area contributed by atoms with Crippen molar-refractivity contribution in [2.45, 2.75) is 18.3 Å². The second kappa shape index (κ2) is 15.1. The minimum Gasteiger partial charge on any atom is -0.247 e. The predicted molar refractivity (Wildman–Crippen MR) is 279 cm³/mol. The maximum atomic E-state index is 5.81. The third-order valence-corrected chi connectivity index (χ3v) is 14.6. The van der Waals surface area contributed by atoms with E-state index in [4.69, 9.17) is 9.97 Å². The Kier molecular flexibility index (Phi) is 8.51. The molecule has 2 nitrogen and oxygen atoms in total. The highest BCUT2D eigenvalue weighted by atomic mass is 14.8. The Hall–Kier alpha value is -8.46. The SMILES string of the molecule is c1ccc(-c2cc(-c3ccccc3)cc(-c3nc4cc5ccccc5cc4c4c3C3CC4c4c(-c5cc(-c6ccccc6)cc(-c6ccccc6)c5)nc5cc6ccccc6cc5c43)c2)cc1. The lowest BCUT2D eigenvalue weighted by Crippen LogP contribution is -2.11. The molecule has 2 atom stereocenters. The second-order valence-corrected chi connectivity index (χ2v) is 18.4. The smallest absolute Gasteiger partial charge is 0.0751 e. The highest BCUT2D eigenvalue weighted by Crippen LogP contribution is 2.63. The summed E-state index contributed by atoms with van der Waals surface area (Å²) >= 11 is 0. The summed E-state index contributed by atoms with van der Waals surface area (Å²) in [5.74, 6) is 0.232. The lowest BCUT2D eigenvalue weighted by molar-refractivity contribution is 0.799. The van der Waals surface area contributed by atoms with Crippen molar-refractivity contribution in [1.82, 2.24) is 9.97 Å². The first-order chi connectivity index (χ1) is 33.2. The van der Waals surface area contributed by atoms with E-state index in [1.165, 1.54) is 99.1 Å². The standard InChI is InChI=1S/C65H42N2/c1-5-17-40(18-6-1)48-29-49(41-19-7-2-8-20-41)32-52(31-48)64-62-56-39-57(60(62)54-35-44-25-13-15-27-46(44)37-58(54)66-64)63-61(56)55-36-45-26-14-16-28-47(45)38-59(55)67-65(63)53-33-50(42-21-9-3-10-22-42)30-51(34-53)43-23-11-4-12-24-43/h1-38,56-57H,39H2. The minimum atomic E-state index is 0.116. The topological polar surface area (TPSA) is 25.8 Å². The maximum Gasteiger partial charge on any atom is 0.0751 e. The zero-order chi connectivity index (χ0) is 44.0. The van der Waals surface area contributed by atoms with Gasteiger partial charge in [-0.25, -0.2) is 9.97 Å². The van der Waals surface area contributed by atoms with E-state index in [0.29, 0.717) is 0 Å². The van der Waals surface area contributed by atoms with Crippen molar-refractivity contribution >= 4 is 43.4 Å². The number of hydrogen-bond acceptors (Lipinski definition) is 2. The molecule has 2 aromatic heterocycles. The van der Waals surface area contributed by atoms with Crippen LogP contribution >= 0.6 is 0 Å². The van der Waals surface area contributed by atoms with Crippen LogP contribution in [0.2, 0.25) is 0 Å². The highest BCUT2D eigenvalue weighted by Gasteiger charge is 2.47. The fourth-order valence-corrected chi connectivity index (χ4v) is 11.6. The van der Waals surface area contributed by atoms with Gasteiger partial charge in [0.15, 0.2) is 0 Å². The average molecular weight is 851 g/mol. The number of nitrogens with zero attached hydrogens (tertiary/aromatic N) is 2. The van der Waals surface area contributed by atoms with Crippen molar-refractivity contribution in [2.75, 3.05) is 0 Å². The Morgan fingerprint density at radius 3 is 0.866 bits per heavy atom. The van der Waals surface area contributed by atoms with Crippen LogP contribution in [0.3, 0.4) is 0 Å². The van der Waals surface area contributed by atoms with Gasteiger partial charge in [-0.2, -0.15) is 0 Å². The number of pyridine rings is 2. The van der Waals surface area contributed by atoms with Crippen LogP contribution in [0.1, 0.15) is 40.5 Å². The average Bonchev–Trinajstić information content (AvgIpc) is 3.99. The Labute approximate surface area is 389 Å². The maximum absolute atomic E-state index is 5.81. The van der Waals surface area contributed by atoms with Gasteiger partial charge in [0.2, 0.25) is 0 Å². The Bertz CT molecular complexity index is 3560. The van der Waals surface area contributed by atoms with Gasteiger partial charge < -0.3 is 0 Å². The third-order valence-electron chi connectivity index (χ3n) is 14.6. The quantitative estimate of drug-likeness (QED) is 0.156. The first kappa shape index (κ1) is 37.9. The van der Waals surface area contributed by atoms with Crippen LogP contribution in [0.25, 0.3) is 110 Å². The van der Waals surface area contributed by atoms with Gasteiger partial charge >= 0.3 is 0 Å². The van der Waals surface area contributed by atoms with Gasteiger partial charge in [-0.15, -0.1) is 0 Å². The Balaban J connectivity index is 1.08. The molecule has 312 valence electrons. The molecule has 0 N–H and O–H groups in total. The van der Waals surface area contributed by atoms with E-state index in [1.54, 1.807) is 0 Å². The lowest BCUT2D eigenvalue weighted by atomic mass is 9.78. The summed E-state index contributed by atoms with van der Waals surface area (Å²) in [5, 5.41) is 7.35. The van der Waals surface area contributed by atoms with E-state index in [9.17, 15) is 0 Å². The number of benzene rings is 10. The van der Waals surface area contributed by atoms with Crippen LogP contribution in [0.15, 0.2) is 231 Å². The first-order valence-corrected chi connectivity index (χ1v) is 23.4. The van der Waals surface area contributed by atoms with Crippen LogP contribution in [-0.4, -0.2) is 9.97 Å². The molecule has 14 rings (SSSR count). The fourth-order valence-electron chi connectivity index (χ4n) is 11.6. The zero-order valence-corrected chi connectivity index (χ0v) is 36.7. The van der Waals surface area contributed by atoms with Crippen molar-refractivity contribution in [1.29, 1.82) is 0 Å². The molecule has 0 amide bonds. The van der Waals surface area contributed by atoms with E-state index in [0.717, 1.165) is 40.0 Å². The normalized spacial score (nSPS) is 14.8. The van der Waals surface area contributed by atoms with Crippen LogP contribution in [0.5, 0.6) is 0 Å². The molecule has 0 saturated heterocycles. The van der Waals surface area contributed by atoms with Gasteiger partial charge in [0.25, 0.3) is 0 Å². The minimum absolute atomic E-state index is 0.116. The van der Waals surface area contributed by atoms with Crippen LogP contribution in [0.4, 0.5) is 0 Å². The molecular weight excluding hydrogens is 809 g/mol. The van der Waals surface area contributed by atoms with Crippen LogP contribution in [-0.2, 0) is 0 Å². The molecule has 2 aliphatic rings. The van der Waals surface area contributed by atoms with E-state index in [1.807, 2.05) is 0 Å². The van der Waals surface area contributed by atoms with Gasteiger partial charge in [0.1, 0.15) is 0 Å². The molecular formula is C65H42N2.